The zero-order valence-electron chi connectivity index (χ0n) is 11.9. The van der Waals surface area contributed by atoms with Crippen molar-refractivity contribution >= 4 is 5.78 Å². The van der Waals surface area contributed by atoms with Crippen LogP contribution < -0.4 is 0 Å². The molecule has 0 unspecified atom stereocenters. The van der Waals surface area contributed by atoms with Gasteiger partial charge in [-0.2, -0.15) is 0 Å². The predicted octanol–water partition coefficient (Wildman–Crippen LogP) is 3.10. The van der Waals surface area contributed by atoms with Crippen molar-refractivity contribution in [1.29, 1.82) is 0 Å². The van der Waals surface area contributed by atoms with Crippen LogP contribution in [0.2, 0.25) is 3.23 Å². The van der Waals surface area contributed by atoms with Gasteiger partial charge in [-0.25, -0.2) is 0 Å². The maximum absolute atomic E-state index is 11.6. The Morgan fingerprint density at radius 2 is 1.82 bits per heavy atom. The second-order valence-electron chi connectivity index (χ2n) is 5.71. The molecule has 3 nitrogen and oxygen atoms in total. The quantitative estimate of drug-likeness (QED) is 0.613. The summed E-state index contributed by atoms with van der Waals surface area (Å²) in [4.78, 5) is 11.6. The van der Waals surface area contributed by atoms with E-state index in [1.165, 1.54) is 0 Å². The molecule has 0 radical (unpaired) electrons. The molecule has 99 valence electrons. The second-order valence-corrected chi connectivity index (χ2v) is 8.35. The van der Waals surface area contributed by atoms with Gasteiger partial charge in [0.05, 0.1) is 0 Å². The number of ether oxygens (including phenoxy) is 1. The Labute approximate surface area is 122 Å². The van der Waals surface area contributed by atoms with E-state index in [0.717, 1.165) is 13.0 Å². The first kappa shape index (κ1) is 17.7. The Morgan fingerprint density at radius 1 is 1.18 bits per heavy atom. The summed E-state index contributed by atoms with van der Waals surface area (Å²) in [6, 6.07) is 0. The fraction of sp³-hybridized carbons (Fsp3) is 0.923. The minimum absolute atomic E-state index is 0.205. The summed E-state index contributed by atoms with van der Waals surface area (Å²) in [6.45, 7) is 12.4. The van der Waals surface area contributed by atoms with Crippen molar-refractivity contribution in [2.75, 3.05) is 19.8 Å². The summed E-state index contributed by atoms with van der Waals surface area (Å²) in [6.07, 6.45) is 1.10. The van der Waals surface area contributed by atoms with Gasteiger partial charge in [0.2, 0.25) is 0 Å². The Hall–Kier alpha value is 0.694. The molecule has 0 fully saturated rings. The molecule has 0 aliphatic rings. The predicted molar refractivity (Wildman–Crippen MR) is 65.5 cm³/mol. The topological polar surface area (TPSA) is 35.5 Å². The molecular weight excluding hydrogens is 293 g/mol. The Morgan fingerprint density at radius 3 is 2.35 bits per heavy atom. The summed E-state index contributed by atoms with van der Waals surface area (Å²) < 4.78 is 11.7. The fourth-order valence-corrected chi connectivity index (χ4v) is 3.87. The van der Waals surface area contributed by atoms with E-state index in [1.54, 1.807) is 0 Å². The van der Waals surface area contributed by atoms with Gasteiger partial charge in [0.1, 0.15) is 0 Å². The Kier molecular flexibility index (Phi) is 9.99. The van der Waals surface area contributed by atoms with E-state index in [4.69, 9.17) is 6.79 Å². The van der Waals surface area contributed by atoms with Crippen molar-refractivity contribution in [2.45, 2.75) is 44.3 Å². The molecule has 0 spiro atoms. The zero-order valence-corrected chi connectivity index (χ0v) is 14.8. The summed E-state index contributed by atoms with van der Waals surface area (Å²) >= 11 is -1.14. The van der Waals surface area contributed by atoms with E-state index < -0.39 is 29.7 Å². The SMILES string of the molecule is CC(C)CCOCC[O][Y][CH2]C(=O)C(C)(C)C. The van der Waals surface area contributed by atoms with Crippen LogP contribution in [0.3, 0.4) is 0 Å². The molecule has 0 aliphatic heterocycles. The number of carbonyl (C=O) groups excluding carboxylic acids is 1. The van der Waals surface area contributed by atoms with Crippen LogP contribution in [0.5, 0.6) is 0 Å². The van der Waals surface area contributed by atoms with E-state index in [9.17, 15) is 4.79 Å². The van der Waals surface area contributed by atoms with Crippen molar-refractivity contribution in [3.63, 3.8) is 0 Å². The summed E-state index contributed by atoms with van der Waals surface area (Å²) in [5.41, 5.74) is -0.205. The first-order valence-electron chi connectivity index (χ1n) is 6.38. The summed E-state index contributed by atoms with van der Waals surface area (Å²) in [7, 11) is 0. The third kappa shape index (κ3) is 11.5. The summed E-state index contributed by atoms with van der Waals surface area (Å²) in [5.74, 6) is 1.03. The van der Waals surface area contributed by atoms with Crippen molar-refractivity contribution in [2.24, 2.45) is 11.3 Å². The van der Waals surface area contributed by atoms with E-state index in [1.807, 2.05) is 20.8 Å². The second kappa shape index (κ2) is 9.60. The third-order valence-electron chi connectivity index (χ3n) is 2.41. The van der Waals surface area contributed by atoms with Gasteiger partial charge in [-0.3, -0.25) is 0 Å². The van der Waals surface area contributed by atoms with Crippen molar-refractivity contribution in [3.05, 3.63) is 0 Å². The van der Waals surface area contributed by atoms with Crippen LogP contribution >= 0.6 is 0 Å². The molecule has 0 aliphatic carbocycles. The van der Waals surface area contributed by atoms with Gasteiger partial charge in [0, 0.05) is 0 Å². The van der Waals surface area contributed by atoms with Crippen LogP contribution in [0, 0.1) is 11.3 Å². The molecule has 0 atom stereocenters. The number of rotatable bonds is 9. The van der Waals surface area contributed by atoms with Crippen LogP contribution in [-0.4, -0.2) is 25.6 Å². The van der Waals surface area contributed by atoms with E-state index in [2.05, 4.69) is 13.8 Å². The first-order valence-corrected chi connectivity index (χ1v) is 9.55. The van der Waals surface area contributed by atoms with Crippen molar-refractivity contribution < 1.29 is 41.3 Å². The van der Waals surface area contributed by atoms with Crippen LogP contribution in [0.4, 0.5) is 0 Å². The maximum atomic E-state index is 11.6. The Bertz CT molecular complexity index is 209. The van der Waals surface area contributed by atoms with Crippen molar-refractivity contribution in [3.8, 4) is 0 Å². The molecule has 17 heavy (non-hydrogen) atoms. The van der Waals surface area contributed by atoms with Crippen LogP contribution in [0.1, 0.15) is 41.0 Å². The van der Waals surface area contributed by atoms with Gasteiger partial charge < -0.3 is 0 Å². The van der Waals surface area contributed by atoms with Gasteiger partial charge in [0.25, 0.3) is 0 Å². The molecule has 0 saturated heterocycles. The van der Waals surface area contributed by atoms with E-state index >= 15 is 0 Å². The zero-order chi connectivity index (χ0) is 13.3. The van der Waals surface area contributed by atoms with Gasteiger partial charge >= 0.3 is 123 Å². The van der Waals surface area contributed by atoms with Crippen LogP contribution in [0.25, 0.3) is 0 Å². The van der Waals surface area contributed by atoms with E-state index in [-0.39, 0.29) is 5.41 Å². The number of carbonyl (C=O) groups is 1. The average Bonchev–Trinajstić information content (AvgIpc) is 2.19. The summed E-state index contributed by atoms with van der Waals surface area (Å²) in [5, 5.41) is 0. The molecule has 0 N–H and O–H groups in total. The van der Waals surface area contributed by atoms with Gasteiger partial charge in [-0.15, -0.1) is 0 Å². The van der Waals surface area contributed by atoms with Gasteiger partial charge in [0.15, 0.2) is 0 Å². The van der Waals surface area contributed by atoms with Crippen LogP contribution in [0.15, 0.2) is 0 Å². The fourth-order valence-electron chi connectivity index (χ4n) is 1.05. The molecule has 0 aromatic carbocycles. The number of hydrogen-bond acceptors (Lipinski definition) is 3. The third-order valence-corrected chi connectivity index (χ3v) is 4.89. The average molecular weight is 319 g/mol. The molecule has 0 aromatic rings. The van der Waals surface area contributed by atoms with E-state index in [0.29, 0.717) is 28.1 Å². The van der Waals surface area contributed by atoms with Crippen LogP contribution in [-0.2, 0) is 41.3 Å². The molecule has 0 rings (SSSR count). The first-order chi connectivity index (χ1) is 7.84. The number of hydrogen-bond donors (Lipinski definition) is 0. The van der Waals surface area contributed by atoms with Gasteiger partial charge in [-0.05, 0) is 0 Å². The van der Waals surface area contributed by atoms with Crippen molar-refractivity contribution in [1.82, 2.24) is 0 Å². The molecule has 0 heterocycles. The standard InChI is InChI=1S/C7H15O2.C6H11O.Y/c1-7(2)3-5-9-6-4-8;1-5(7)6(2,3)4;/h7H,3-6H2,1-2H3;1H2,2-4H3;/q-1;;+1. The molecular formula is C13H26O3Y. The Balaban J connectivity index is 3.27. The normalized spacial score (nSPS) is 11.6. The number of Topliss-reactive ketones (excluding diaryl/α,β-unsaturated/α-hetero) is 1. The molecule has 0 bridgehead atoms. The molecule has 4 heteroatoms. The minimum atomic E-state index is -1.14. The molecule has 0 amide bonds. The number of ketones is 1. The monoisotopic (exact) mass is 319 g/mol. The van der Waals surface area contributed by atoms with Gasteiger partial charge in [-0.1, -0.05) is 0 Å². The molecule has 0 saturated carbocycles. The molecule has 0 aromatic heterocycles.